The van der Waals surface area contributed by atoms with Gasteiger partial charge in [-0.1, -0.05) is 11.8 Å². The fourth-order valence-corrected chi connectivity index (χ4v) is 2.71. The number of carbonyl (C=O) groups excluding carboxylic acids is 1. The molecule has 1 aromatic carbocycles. The van der Waals surface area contributed by atoms with Crippen molar-refractivity contribution in [2.24, 2.45) is 4.99 Å². The highest BCUT2D eigenvalue weighted by Crippen LogP contribution is 2.32. The zero-order valence-electron chi connectivity index (χ0n) is 12.4. The highest BCUT2D eigenvalue weighted by Gasteiger charge is 2.18. The van der Waals surface area contributed by atoms with Crippen molar-refractivity contribution >= 4 is 22.8 Å². The highest BCUT2D eigenvalue weighted by molar-refractivity contribution is 8.14. The van der Waals surface area contributed by atoms with Gasteiger partial charge < -0.3 is 19.3 Å². The molecule has 2 rings (SSSR count). The molecule has 0 spiro atoms. The summed E-state index contributed by atoms with van der Waals surface area (Å²) in [6.45, 7) is 0.893. The van der Waals surface area contributed by atoms with E-state index in [1.165, 1.54) is 31.0 Å². The second-order valence-electron chi connectivity index (χ2n) is 4.38. The summed E-state index contributed by atoms with van der Waals surface area (Å²) in [5.74, 6) is 0.773. The summed E-state index contributed by atoms with van der Waals surface area (Å²) in [6.07, 6.45) is 1.35. The van der Waals surface area contributed by atoms with E-state index in [-0.39, 0.29) is 5.75 Å². The van der Waals surface area contributed by atoms with Crippen LogP contribution in [0.1, 0.15) is 5.56 Å². The number of nitrogens with zero attached hydrogens (tertiary/aromatic N) is 1. The van der Waals surface area contributed by atoms with E-state index in [0.29, 0.717) is 41.0 Å². The molecule has 1 aliphatic rings. The summed E-state index contributed by atoms with van der Waals surface area (Å²) >= 11 is 1.45. The van der Waals surface area contributed by atoms with Crippen molar-refractivity contribution in [3.05, 3.63) is 35.5 Å². The van der Waals surface area contributed by atoms with Crippen molar-refractivity contribution in [1.29, 1.82) is 0 Å². The lowest BCUT2D eigenvalue weighted by molar-refractivity contribution is -0.134. The van der Waals surface area contributed by atoms with Crippen molar-refractivity contribution in [3.63, 3.8) is 0 Å². The number of thioether (sulfide) groups is 1. The molecule has 0 unspecified atom stereocenters. The molecule has 0 saturated heterocycles. The van der Waals surface area contributed by atoms with E-state index < -0.39 is 5.97 Å². The summed E-state index contributed by atoms with van der Waals surface area (Å²) in [4.78, 5) is 15.5. The molecule has 0 aliphatic carbocycles. The van der Waals surface area contributed by atoms with Crippen LogP contribution in [0.3, 0.4) is 0 Å². The first-order chi connectivity index (χ1) is 10.6. The molecule has 0 aromatic heterocycles. The summed E-state index contributed by atoms with van der Waals surface area (Å²) < 4.78 is 14.9. The number of hydrogen-bond donors (Lipinski definition) is 1. The number of esters is 1. The van der Waals surface area contributed by atoms with E-state index in [1.54, 1.807) is 19.2 Å². The van der Waals surface area contributed by atoms with E-state index in [2.05, 4.69) is 9.73 Å². The minimum atomic E-state index is -0.438. The molecular weight excluding hydrogens is 306 g/mol. The van der Waals surface area contributed by atoms with Gasteiger partial charge in [0, 0.05) is 30.6 Å². The average Bonchev–Trinajstić information content (AvgIpc) is 2.95. The predicted octanol–water partition coefficient (Wildman–Crippen LogP) is 1.97. The van der Waals surface area contributed by atoms with Crippen LogP contribution < -0.4 is 4.74 Å². The van der Waals surface area contributed by atoms with E-state index >= 15 is 0 Å². The Morgan fingerprint density at radius 1 is 1.41 bits per heavy atom. The quantitative estimate of drug-likeness (QED) is 0.490. The zero-order valence-corrected chi connectivity index (χ0v) is 13.2. The van der Waals surface area contributed by atoms with E-state index in [0.717, 1.165) is 0 Å². The summed E-state index contributed by atoms with van der Waals surface area (Å²) in [5, 5.41) is 10.8. The largest absolute Gasteiger partial charge is 0.507 e. The third-order valence-electron chi connectivity index (χ3n) is 2.84. The second-order valence-corrected chi connectivity index (χ2v) is 5.35. The van der Waals surface area contributed by atoms with Crippen LogP contribution in [-0.2, 0) is 14.3 Å². The molecule has 1 aromatic rings. The first-order valence-corrected chi connectivity index (χ1v) is 7.57. The molecule has 0 atom stereocenters. The lowest BCUT2D eigenvalue weighted by atomic mass is 10.2. The van der Waals surface area contributed by atoms with Gasteiger partial charge in [-0.15, -0.1) is 0 Å². The monoisotopic (exact) mass is 323 g/mol. The Kier molecular flexibility index (Phi) is 5.85. The third-order valence-corrected chi connectivity index (χ3v) is 3.87. The number of ether oxygens (including phenoxy) is 3. The summed E-state index contributed by atoms with van der Waals surface area (Å²) in [6, 6.07) is 5.04. The Balaban J connectivity index is 2.11. The van der Waals surface area contributed by atoms with Crippen LogP contribution in [0.25, 0.3) is 0 Å². The Bertz CT molecular complexity index is 612. The molecule has 0 radical (unpaired) electrons. The van der Waals surface area contributed by atoms with Crippen molar-refractivity contribution in [1.82, 2.24) is 0 Å². The molecule has 0 saturated carbocycles. The molecule has 0 amide bonds. The van der Waals surface area contributed by atoms with Crippen LogP contribution in [0.15, 0.2) is 35.0 Å². The van der Waals surface area contributed by atoms with Crippen molar-refractivity contribution < 1.29 is 24.1 Å². The van der Waals surface area contributed by atoms with Crippen LogP contribution in [0.2, 0.25) is 0 Å². The third kappa shape index (κ3) is 4.25. The maximum atomic E-state index is 11.2. The predicted molar refractivity (Wildman–Crippen MR) is 84.6 cm³/mol. The average molecular weight is 323 g/mol. The van der Waals surface area contributed by atoms with Gasteiger partial charge in [0.25, 0.3) is 0 Å². The molecule has 0 fully saturated rings. The van der Waals surface area contributed by atoms with Crippen LogP contribution in [0, 0.1) is 0 Å². The van der Waals surface area contributed by atoms with Crippen molar-refractivity contribution in [3.8, 4) is 11.5 Å². The molecule has 22 heavy (non-hydrogen) atoms. The second kappa shape index (κ2) is 7.86. The molecular formula is C15H17NO5S. The fourth-order valence-electron chi connectivity index (χ4n) is 1.77. The van der Waals surface area contributed by atoms with Crippen LogP contribution in [0.5, 0.6) is 11.5 Å². The molecule has 1 N–H and O–H groups in total. The Morgan fingerprint density at radius 2 is 2.23 bits per heavy atom. The minimum Gasteiger partial charge on any atom is -0.507 e. The number of phenolic OH excluding ortho intramolecular Hbond substituents is 1. The number of methoxy groups -OCH3 is 2. The van der Waals surface area contributed by atoms with E-state index in [4.69, 9.17) is 9.47 Å². The molecule has 1 aliphatic heterocycles. The highest BCUT2D eigenvalue weighted by atomic mass is 32.2. The number of hydrogen-bond acceptors (Lipinski definition) is 7. The Hall–Kier alpha value is -1.99. The smallest absolute Gasteiger partial charge is 0.332 e. The molecule has 1 heterocycles. The fraction of sp³-hybridized carbons (Fsp3) is 0.333. The van der Waals surface area contributed by atoms with Gasteiger partial charge in [-0.3, -0.25) is 0 Å². The van der Waals surface area contributed by atoms with Gasteiger partial charge in [-0.05, 0) is 12.1 Å². The number of rotatable bonds is 6. The molecule has 118 valence electrons. The van der Waals surface area contributed by atoms with E-state index in [1.807, 2.05) is 0 Å². The van der Waals surface area contributed by atoms with Gasteiger partial charge in [-0.2, -0.15) is 0 Å². The zero-order chi connectivity index (χ0) is 15.9. The van der Waals surface area contributed by atoms with Gasteiger partial charge in [0.05, 0.1) is 19.4 Å². The van der Waals surface area contributed by atoms with Crippen molar-refractivity contribution in [2.45, 2.75) is 0 Å². The topological polar surface area (TPSA) is 77.4 Å². The molecule has 0 bridgehead atoms. The number of phenols is 1. The number of benzene rings is 1. The first kappa shape index (κ1) is 16.4. The SMILES string of the molecule is COCCOc1ccc(C2=N/C(=C\C(=O)OC)CS2)c(O)c1. The Labute approximate surface area is 132 Å². The Morgan fingerprint density at radius 3 is 2.91 bits per heavy atom. The normalized spacial score (nSPS) is 15.7. The molecule has 7 heteroatoms. The van der Waals surface area contributed by atoms with Crippen LogP contribution in [-0.4, -0.2) is 49.3 Å². The van der Waals surface area contributed by atoms with Gasteiger partial charge >= 0.3 is 5.97 Å². The lowest BCUT2D eigenvalue weighted by Crippen LogP contribution is -2.04. The lowest BCUT2D eigenvalue weighted by Gasteiger charge is -2.08. The number of carbonyl (C=O) groups is 1. The number of aliphatic imine (C=N–C) groups is 1. The summed E-state index contributed by atoms with van der Waals surface area (Å²) in [7, 11) is 2.92. The van der Waals surface area contributed by atoms with Gasteiger partial charge in [0.1, 0.15) is 23.1 Å². The van der Waals surface area contributed by atoms with Crippen molar-refractivity contribution in [2.75, 3.05) is 33.2 Å². The first-order valence-electron chi connectivity index (χ1n) is 6.59. The number of aromatic hydroxyl groups is 1. The van der Waals surface area contributed by atoms with E-state index in [9.17, 15) is 9.90 Å². The minimum absolute atomic E-state index is 0.0838. The van der Waals surface area contributed by atoms with Gasteiger partial charge in [0.2, 0.25) is 0 Å². The van der Waals surface area contributed by atoms with Crippen LogP contribution in [0.4, 0.5) is 0 Å². The maximum Gasteiger partial charge on any atom is 0.332 e. The standard InChI is InChI=1S/C15H17NO5S/c1-19-5-6-21-11-3-4-12(13(17)8-11)15-16-10(9-22-15)7-14(18)20-2/h3-4,7-8,17H,5-6,9H2,1-2H3/b10-7-. The van der Waals surface area contributed by atoms with Gasteiger partial charge in [-0.25, -0.2) is 9.79 Å². The van der Waals surface area contributed by atoms with Crippen LogP contribution >= 0.6 is 11.8 Å². The molecule has 6 nitrogen and oxygen atoms in total. The maximum absolute atomic E-state index is 11.2. The summed E-state index contributed by atoms with van der Waals surface area (Å²) in [5.41, 5.74) is 1.23. The van der Waals surface area contributed by atoms with Gasteiger partial charge in [0.15, 0.2) is 0 Å².